The number of aromatic hydroxyl groups is 2. The summed E-state index contributed by atoms with van der Waals surface area (Å²) in [7, 11) is 0. The minimum absolute atomic E-state index is 0. The van der Waals surface area contributed by atoms with Crippen LogP contribution in [0, 0.1) is 0 Å². The summed E-state index contributed by atoms with van der Waals surface area (Å²) in [6, 6.07) is 3.54. The van der Waals surface area contributed by atoms with Crippen LogP contribution in [0.1, 0.15) is 0 Å². The molecule has 2 rings (SSSR count). The average molecular weight is 153 g/mol. The third-order valence-corrected chi connectivity index (χ3v) is 1.44. The second kappa shape index (κ2) is 2.81. The van der Waals surface area contributed by atoms with Gasteiger partial charge < -0.3 is 20.3 Å². The van der Waals surface area contributed by atoms with Gasteiger partial charge in [-0.1, -0.05) is 0 Å². The van der Waals surface area contributed by atoms with Gasteiger partial charge in [-0.3, -0.25) is 0 Å². The molecule has 2 aliphatic rings. The van der Waals surface area contributed by atoms with E-state index in [0.717, 1.165) is 11.1 Å². The summed E-state index contributed by atoms with van der Waals surface area (Å²) in [5.41, 5.74) is 1.59. The van der Waals surface area contributed by atoms with Crippen LogP contribution >= 0.6 is 0 Å². The summed E-state index contributed by atoms with van der Waals surface area (Å²) in [6.07, 6.45) is 0. The summed E-state index contributed by atoms with van der Waals surface area (Å²) in [4.78, 5) is 0. The first kappa shape index (κ1) is 7.91. The number of hydrogen-bond donors (Lipinski definition) is 4. The van der Waals surface area contributed by atoms with Crippen molar-refractivity contribution in [1.82, 2.24) is 0 Å². The van der Waals surface area contributed by atoms with Crippen molar-refractivity contribution in [1.29, 1.82) is 0 Å². The van der Waals surface area contributed by atoms with E-state index in [1.807, 2.05) is 0 Å². The van der Waals surface area contributed by atoms with Crippen LogP contribution < -0.4 is 0 Å². The van der Waals surface area contributed by atoms with Gasteiger partial charge in [0.15, 0.2) is 11.5 Å². The van der Waals surface area contributed by atoms with Crippen molar-refractivity contribution >= 4 is 7.69 Å². The summed E-state index contributed by atoms with van der Waals surface area (Å²) in [5, 5.41) is 31.5. The van der Waals surface area contributed by atoms with Crippen LogP contribution in [0.4, 0.5) is 0 Å². The van der Waals surface area contributed by atoms with Gasteiger partial charge in [0.25, 0.3) is 0 Å². The second-order valence-electron chi connectivity index (χ2n) is 1.97. The lowest BCUT2D eigenvalue weighted by molar-refractivity contribution is 0.396. The molecule has 4 nitrogen and oxygen atoms in total. The monoisotopic (exact) mass is 153 g/mol. The molecule has 57 valence electrons. The maximum Gasteiger partial charge on any atom is 0.482 e. The molecule has 0 atom stereocenters. The van der Waals surface area contributed by atoms with Crippen LogP contribution in [0.5, 0.6) is 11.5 Å². The number of hydrogen-bond acceptors (Lipinski definition) is 4. The molecular formula is C6H6BO4. The van der Waals surface area contributed by atoms with E-state index in [4.69, 9.17) is 20.3 Å². The molecule has 0 saturated carbocycles. The molecule has 2 aliphatic carbocycles. The molecule has 0 aromatic rings. The molecule has 5 heteroatoms. The van der Waals surface area contributed by atoms with Crippen LogP contribution in [-0.4, -0.2) is 27.9 Å². The predicted octanol–water partition coefficient (Wildman–Crippen LogP) is -0.417. The third-order valence-electron chi connectivity index (χ3n) is 1.44. The fourth-order valence-corrected chi connectivity index (χ4v) is 0.856. The number of fused-ring (bicyclic) bond motifs is 1. The van der Waals surface area contributed by atoms with Crippen LogP contribution in [0.3, 0.4) is 0 Å². The smallest absolute Gasteiger partial charge is 0.482 e. The van der Waals surface area contributed by atoms with E-state index in [1.165, 1.54) is 0 Å². The number of phenols is 2. The summed E-state index contributed by atoms with van der Waals surface area (Å²) in [6.45, 7) is 0. The molecule has 0 aromatic heterocycles. The van der Waals surface area contributed by atoms with E-state index in [2.05, 4.69) is 0 Å². The largest absolute Gasteiger partial charge is 0.504 e. The Kier molecular flexibility index (Phi) is 2.02. The zero-order valence-electron chi connectivity index (χ0n) is 5.52. The van der Waals surface area contributed by atoms with Gasteiger partial charge in [0, 0.05) is 11.1 Å². The topological polar surface area (TPSA) is 80.9 Å². The Morgan fingerprint density at radius 3 is 1.27 bits per heavy atom. The SMILES string of the molecule is O[B]O.Oc1c2ccc-2c1O. The molecule has 4 N–H and O–H groups in total. The molecule has 0 spiro atoms. The Labute approximate surface area is 63.7 Å². The predicted molar refractivity (Wildman–Crippen MR) is 39.0 cm³/mol. The van der Waals surface area contributed by atoms with Gasteiger partial charge in [-0.2, -0.15) is 0 Å². The Morgan fingerprint density at radius 2 is 1.18 bits per heavy atom. The Balaban J connectivity index is 0.000000179. The van der Waals surface area contributed by atoms with E-state index in [0.29, 0.717) is 0 Å². The first-order valence-electron chi connectivity index (χ1n) is 2.87. The molecule has 0 saturated heterocycles. The number of phenolic OH excluding ortho intramolecular Hbond substituents is 2. The van der Waals surface area contributed by atoms with Crippen molar-refractivity contribution in [3.63, 3.8) is 0 Å². The molecule has 0 heterocycles. The van der Waals surface area contributed by atoms with Gasteiger partial charge >= 0.3 is 7.69 Å². The first-order valence-corrected chi connectivity index (χ1v) is 2.87. The fraction of sp³-hybridized carbons (Fsp3) is 0. The molecule has 0 unspecified atom stereocenters. The third kappa shape index (κ3) is 1.04. The molecule has 1 radical (unpaired) electrons. The lowest BCUT2D eigenvalue weighted by Crippen LogP contribution is -1.91. The van der Waals surface area contributed by atoms with Crippen molar-refractivity contribution in [2.75, 3.05) is 0 Å². The standard InChI is InChI=1S/C6H4O2.BH2O2/c7-5-3-1-2-4(3)6(5)8;2-1-3/h1-2,7-8H;2-3H. The lowest BCUT2D eigenvalue weighted by Gasteiger charge is -2.18. The van der Waals surface area contributed by atoms with Gasteiger partial charge in [-0.15, -0.1) is 0 Å². The van der Waals surface area contributed by atoms with Crippen LogP contribution in [0.2, 0.25) is 0 Å². The van der Waals surface area contributed by atoms with Gasteiger partial charge in [-0.05, 0) is 12.1 Å². The highest BCUT2D eigenvalue weighted by molar-refractivity contribution is 6.13. The van der Waals surface area contributed by atoms with E-state index in [9.17, 15) is 0 Å². The Hall–Kier alpha value is -1.20. The molecule has 0 aromatic carbocycles. The van der Waals surface area contributed by atoms with Crippen LogP contribution in [0.25, 0.3) is 11.1 Å². The number of benzene rings is 1. The fourth-order valence-electron chi connectivity index (χ4n) is 0.856. The summed E-state index contributed by atoms with van der Waals surface area (Å²) in [5.74, 6) is 0.0880. The lowest BCUT2D eigenvalue weighted by atomic mass is 9.90. The van der Waals surface area contributed by atoms with Crippen LogP contribution in [0.15, 0.2) is 12.1 Å². The Bertz CT molecular complexity index is 247. The zero-order valence-corrected chi connectivity index (χ0v) is 5.52. The van der Waals surface area contributed by atoms with Gasteiger partial charge in [0.2, 0.25) is 0 Å². The summed E-state index contributed by atoms with van der Waals surface area (Å²) < 4.78 is 0. The molecule has 11 heavy (non-hydrogen) atoms. The molecule has 0 fully saturated rings. The zero-order chi connectivity index (χ0) is 8.43. The number of rotatable bonds is 0. The van der Waals surface area contributed by atoms with Crippen molar-refractivity contribution in [3.05, 3.63) is 12.1 Å². The quantitative estimate of drug-likeness (QED) is 0.306. The van der Waals surface area contributed by atoms with E-state index < -0.39 is 0 Å². The second-order valence-corrected chi connectivity index (χ2v) is 1.97. The van der Waals surface area contributed by atoms with Crippen molar-refractivity contribution in [3.8, 4) is 22.6 Å². The van der Waals surface area contributed by atoms with Gasteiger partial charge in [0.1, 0.15) is 0 Å². The van der Waals surface area contributed by atoms with E-state index in [1.54, 1.807) is 12.1 Å². The molecule has 0 aliphatic heterocycles. The van der Waals surface area contributed by atoms with Crippen LogP contribution in [-0.2, 0) is 0 Å². The summed E-state index contributed by atoms with van der Waals surface area (Å²) >= 11 is 0. The highest BCUT2D eigenvalue weighted by Gasteiger charge is 2.24. The van der Waals surface area contributed by atoms with E-state index in [-0.39, 0.29) is 19.2 Å². The van der Waals surface area contributed by atoms with Crippen molar-refractivity contribution in [2.45, 2.75) is 0 Å². The maximum atomic E-state index is 8.73. The highest BCUT2D eigenvalue weighted by atomic mass is 16.4. The van der Waals surface area contributed by atoms with E-state index >= 15 is 0 Å². The normalized spacial score (nSPS) is 9.64. The minimum Gasteiger partial charge on any atom is -0.504 e. The minimum atomic E-state index is 0. The first-order chi connectivity index (χ1) is 5.22. The van der Waals surface area contributed by atoms with Gasteiger partial charge in [0.05, 0.1) is 0 Å². The highest BCUT2D eigenvalue weighted by Crippen LogP contribution is 2.53. The molecule has 0 amide bonds. The van der Waals surface area contributed by atoms with Crippen molar-refractivity contribution in [2.24, 2.45) is 0 Å². The average Bonchev–Trinajstić information content (AvgIpc) is 1.87. The molecular weight excluding hydrogens is 147 g/mol. The maximum absolute atomic E-state index is 8.73. The molecule has 0 bridgehead atoms. The Morgan fingerprint density at radius 1 is 0.909 bits per heavy atom. The van der Waals surface area contributed by atoms with Gasteiger partial charge in [-0.25, -0.2) is 0 Å². The van der Waals surface area contributed by atoms with Crippen molar-refractivity contribution < 1.29 is 20.3 Å².